The van der Waals surface area contributed by atoms with Gasteiger partial charge in [0.1, 0.15) is 19.6 Å². The van der Waals surface area contributed by atoms with Crippen LogP contribution >= 0.6 is 0 Å². The van der Waals surface area contributed by atoms with Crippen molar-refractivity contribution in [3.8, 4) is 0 Å². The lowest BCUT2D eigenvalue weighted by Gasteiger charge is -2.41. The molecule has 0 atom stereocenters. The van der Waals surface area contributed by atoms with Crippen LogP contribution in [0.15, 0.2) is 0 Å². The topological polar surface area (TPSA) is 121 Å². The summed E-state index contributed by atoms with van der Waals surface area (Å²) in [4.78, 5) is 0. The van der Waals surface area contributed by atoms with Crippen LogP contribution in [0.1, 0.15) is 116 Å². The molecule has 2 N–H and O–H groups in total. The van der Waals surface area contributed by atoms with Crippen LogP contribution in [-0.4, -0.2) is 108 Å². The molecule has 1 fully saturated rings. The fourth-order valence-electron chi connectivity index (χ4n) is 5.42. The molecule has 1 saturated heterocycles. The lowest BCUT2D eigenvalue weighted by Crippen LogP contribution is -2.57. The van der Waals surface area contributed by atoms with Gasteiger partial charge in [-0.2, -0.15) is 8.42 Å². The van der Waals surface area contributed by atoms with E-state index in [0.717, 1.165) is 37.1 Å². The Bertz CT molecular complexity index is 644. The van der Waals surface area contributed by atoms with Crippen molar-refractivity contribution in [2.75, 3.05) is 84.8 Å². The monoisotopic (exact) mass is 611 g/mol. The van der Waals surface area contributed by atoms with Crippen molar-refractivity contribution in [2.45, 2.75) is 116 Å². The summed E-state index contributed by atoms with van der Waals surface area (Å²) < 4.78 is 54.4. The molecule has 10 heteroatoms. The second-order valence-corrected chi connectivity index (χ2v) is 13.2. The number of nitrogens with zero attached hydrogens (tertiary/aromatic N) is 1. The van der Waals surface area contributed by atoms with Crippen molar-refractivity contribution in [1.82, 2.24) is 0 Å². The summed E-state index contributed by atoms with van der Waals surface area (Å²) in [5.41, 5.74) is 0. The lowest BCUT2D eigenvalue weighted by molar-refractivity contribution is -0.935. The predicted octanol–water partition coefficient (Wildman–Crippen LogP) is 6.25. The standard InChI is InChI=1S/C31H63NO7S.H2O/c1-2-3-4-5-6-7-8-9-10-11-12-13-14-15-16-17-23-36-27-29-39-30-28-38-26-22-32(20-24-37-25-21-32)19-18-31-40(33,34)35;/h2-31H2,1H3;1H2. The van der Waals surface area contributed by atoms with E-state index in [1.165, 1.54) is 96.3 Å². The smallest absolute Gasteiger partial charge is 0.265 e. The van der Waals surface area contributed by atoms with E-state index in [1.54, 1.807) is 0 Å². The summed E-state index contributed by atoms with van der Waals surface area (Å²) in [5.74, 6) is -0.190. The molecule has 0 saturated carbocycles. The Balaban J connectivity index is 0.0000160. The minimum absolute atomic E-state index is 0. The van der Waals surface area contributed by atoms with E-state index in [0.29, 0.717) is 59.2 Å². The molecule has 1 aliphatic rings. The highest BCUT2D eigenvalue weighted by atomic mass is 32.2. The molecule has 0 bridgehead atoms. The molecule has 9 nitrogen and oxygen atoms in total. The van der Waals surface area contributed by atoms with Gasteiger partial charge in [0.2, 0.25) is 0 Å². The van der Waals surface area contributed by atoms with Gasteiger partial charge in [-0.05, 0) is 6.42 Å². The molecule has 248 valence electrons. The first-order valence-electron chi connectivity index (χ1n) is 16.6. The number of morpholine rings is 1. The molecule has 0 radical (unpaired) electrons. The zero-order valence-electron chi connectivity index (χ0n) is 26.4. The molecular formula is C31H65NO8S. The molecule has 41 heavy (non-hydrogen) atoms. The molecule has 0 aromatic rings. The third kappa shape index (κ3) is 27.0. The Morgan fingerprint density at radius 1 is 0.585 bits per heavy atom. The van der Waals surface area contributed by atoms with Crippen molar-refractivity contribution in [3.63, 3.8) is 0 Å². The van der Waals surface area contributed by atoms with Gasteiger partial charge < -0.3 is 28.9 Å². The van der Waals surface area contributed by atoms with Gasteiger partial charge in [-0.25, -0.2) is 0 Å². The number of unbranched alkanes of at least 4 members (excludes halogenated alkanes) is 15. The zero-order chi connectivity index (χ0) is 29.0. The van der Waals surface area contributed by atoms with Gasteiger partial charge in [0.05, 0.1) is 58.5 Å². The van der Waals surface area contributed by atoms with E-state index in [9.17, 15) is 8.42 Å². The molecule has 1 rings (SSSR count). The first-order chi connectivity index (χ1) is 19.5. The highest BCUT2D eigenvalue weighted by Gasteiger charge is 2.30. The minimum atomic E-state index is -3.91. The molecule has 1 aliphatic heterocycles. The van der Waals surface area contributed by atoms with E-state index in [4.69, 9.17) is 23.5 Å². The maximum atomic E-state index is 11.0. The van der Waals surface area contributed by atoms with Gasteiger partial charge >= 0.3 is 0 Å². The number of ether oxygens (including phenoxy) is 4. The van der Waals surface area contributed by atoms with Crippen LogP contribution in [0.2, 0.25) is 0 Å². The Morgan fingerprint density at radius 3 is 1.46 bits per heavy atom. The molecule has 0 unspecified atom stereocenters. The number of hydrogen-bond donors (Lipinski definition) is 1. The predicted molar refractivity (Wildman–Crippen MR) is 166 cm³/mol. The van der Waals surface area contributed by atoms with Crippen LogP contribution in [0.3, 0.4) is 0 Å². The van der Waals surface area contributed by atoms with Crippen LogP contribution in [0, 0.1) is 0 Å². The third-order valence-electron chi connectivity index (χ3n) is 8.05. The fraction of sp³-hybridized carbons (Fsp3) is 1.00. The molecule has 0 aromatic carbocycles. The summed E-state index contributed by atoms with van der Waals surface area (Å²) in [6, 6.07) is 0. The van der Waals surface area contributed by atoms with Gasteiger partial charge in [0, 0.05) is 13.0 Å². The van der Waals surface area contributed by atoms with Gasteiger partial charge in [-0.1, -0.05) is 103 Å². The van der Waals surface area contributed by atoms with Crippen LogP contribution in [-0.2, 0) is 29.1 Å². The van der Waals surface area contributed by atoms with Crippen LogP contribution in [0.25, 0.3) is 0 Å². The van der Waals surface area contributed by atoms with E-state index < -0.39 is 10.1 Å². The Kier molecular flexibility index (Phi) is 28.2. The summed E-state index contributed by atoms with van der Waals surface area (Å²) in [6.45, 7) is 10.6. The zero-order valence-corrected chi connectivity index (χ0v) is 27.2. The first kappa shape index (κ1) is 40.7. The van der Waals surface area contributed by atoms with Crippen molar-refractivity contribution in [1.29, 1.82) is 0 Å². The van der Waals surface area contributed by atoms with E-state index >= 15 is 0 Å². The van der Waals surface area contributed by atoms with E-state index in [2.05, 4.69) is 6.92 Å². The number of quaternary nitrogens is 1. The van der Waals surface area contributed by atoms with Crippen molar-refractivity contribution >= 4 is 10.1 Å². The Hall–Kier alpha value is -0.330. The average Bonchev–Trinajstić information content (AvgIpc) is 2.93. The highest BCUT2D eigenvalue weighted by Crippen LogP contribution is 2.14. The van der Waals surface area contributed by atoms with Crippen LogP contribution in [0.4, 0.5) is 0 Å². The van der Waals surface area contributed by atoms with Crippen molar-refractivity contribution in [3.05, 3.63) is 0 Å². The summed E-state index contributed by atoms with van der Waals surface area (Å²) in [6.07, 6.45) is 22.5. The molecule has 0 amide bonds. The van der Waals surface area contributed by atoms with Crippen molar-refractivity contribution < 1.29 is 41.9 Å². The summed E-state index contributed by atoms with van der Waals surface area (Å²) >= 11 is 0. The average molecular weight is 612 g/mol. The van der Waals surface area contributed by atoms with Gasteiger partial charge in [0.15, 0.2) is 0 Å². The highest BCUT2D eigenvalue weighted by molar-refractivity contribution is 7.85. The quantitative estimate of drug-likeness (QED) is 0.0575. The maximum Gasteiger partial charge on any atom is 0.265 e. The lowest BCUT2D eigenvalue weighted by atomic mass is 10.0. The molecular weight excluding hydrogens is 546 g/mol. The van der Waals surface area contributed by atoms with Gasteiger partial charge in [-0.3, -0.25) is 4.55 Å². The first-order valence-corrected chi connectivity index (χ1v) is 18.2. The van der Waals surface area contributed by atoms with Gasteiger partial charge in [0.25, 0.3) is 10.1 Å². The van der Waals surface area contributed by atoms with Gasteiger partial charge in [-0.15, -0.1) is 0 Å². The number of hydrogen-bond acceptors (Lipinski definition) is 7. The van der Waals surface area contributed by atoms with Crippen molar-refractivity contribution in [2.24, 2.45) is 0 Å². The minimum Gasteiger partial charge on any atom is -0.870 e. The third-order valence-corrected chi connectivity index (χ3v) is 8.86. The summed E-state index contributed by atoms with van der Waals surface area (Å²) in [5, 5.41) is 0. The van der Waals surface area contributed by atoms with Crippen LogP contribution in [0.5, 0.6) is 0 Å². The Labute approximate surface area is 252 Å². The van der Waals surface area contributed by atoms with E-state index in [1.807, 2.05) is 0 Å². The van der Waals surface area contributed by atoms with Crippen LogP contribution < -0.4 is 0 Å². The summed E-state index contributed by atoms with van der Waals surface area (Å²) in [7, 11) is -3.91. The molecule has 0 aliphatic carbocycles. The second kappa shape index (κ2) is 28.4. The SMILES string of the molecule is CCCCCCCCCCCCCCCCCCOCCOCCOCC[N+]1(CCCS(=O)(=O)O)CCOCC1.[OH-]. The maximum absolute atomic E-state index is 11.0. The normalized spacial score (nSPS) is 15.2. The molecule has 1 heterocycles. The largest absolute Gasteiger partial charge is 0.870 e. The Morgan fingerprint density at radius 2 is 1.00 bits per heavy atom. The number of rotatable bonds is 30. The molecule has 0 aromatic heterocycles. The molecule has 0 spiro atoms. The fourth-order valence-corrected chi connectivity index (χ4v) is 5.92. The van der Waals surface area contributed by atoms with E-state index in [-0.39, 0.29) is 11.2 Å². The second-order valence-electron chi connectivity index (χ2n) is 11.6.